The zero-order valence-corrected chi connectivity index (χ0v) is 7.57. The van der Waals surface area contributed by atoms with Crippen LogP contribution in [-0.4, -0.2) is 36.1 Å². The molecule has 0 bridgehead atoms. The molecule has 3 nitrogen and oxygen atoms in total. The highest BCUT2D eigenvalue weighted by Gasteiger charge is 2.33. The third kappa shape index (κ3) is 3.09. The zero-order valence-electron chi connectivity index (χ0n) is 7.57. The summed E-state index contributed by atoms with van der Waals surface area (Å²) >= 11 is 0. The largest absolute Gasteiger partial charge is 0.390 e. The van der Waals surface area contributed by atoms with Crippen LogP contribution in [0.3, 0.4) is 0 Å². The van der Waals surface area contributed by atoms with Crippen LogP contribution in [0.4, 0.5) is 0 Å². The monoisotopic (exact) mass is 174 g/mol. The van der Waals surface area contributed by atoms with E-state index in [0.29, 0.717) is 18.9 Å². The molecule has 0 aromatic carbocycles. The van der Waals surface area contributed by atoms with Crippen LogP contribution < -0.4 is 0 Å². The van der Waals surface area contributed by atoms with Gasteiger partial charge in [-0.25, -0.2) is 0 Å². The Morgan fingerprint density at radius 1 is 1.42 bits per heavy atom. The highest BCUT2D eigenvalue weighted by Crippen LogP contribution is 2.34. The first kappa shape index (κ1) is 9.96. The minimum atomic E-state index is -0.548. The summed E-state index contributed by atoms with van der Waals surface area (Å²) in [5.74, 6) is 0.363. The summed E-state index contributed by atoms with van der Waals surface area (Å²) in [6.45, 7) is 0.661. The molecule has 3 heteroatoms. The Kier molecular flexibility index (Phi) is 3.98. The number of hydrogen-bond donors (Lipinski definition) is 2. The van der Waals surface area contributed by atoms with Crippen molar-refractivity contribution in [2.45, 2.75) is 37.9 Å². The molecule has 1 aliphatic carbocycles. The molecule has 0 amide bonds. The van der Waals surface area contributed by atoms with E-state index < -0.39 is 12.2 Å². The van der Waals surface area contributed by atoms with Crippen molar-refractivity contribution in [1.82, 2.24) is 0 Å². The molecule has 0 radical (unpaired) electrons. The number of aliphatic hydroxyl groups is 2. The van der Waals surface area contributed by atoms with Crippen LogP contribution in [0.1, 0.15) is 25.7 Å². The summed E-state index contributed by atoms with van der Waals surface area (Å²) in [5.41, 5.74) is 0. The Balaban J connectivity index is 2.04. The van der Waals surface area contributed by atoms with Crippen LogP contribution in [0, 0.1) is 5.92 Å². The van der Waals surface area contributed by atoms with Crippen LogP contribution in [0.2, 0.25) is 0 Å². The molecule has 0 spiro atoms. The lowest BCUT2D eigenvalue weighted by molar-refractivity contribution is -0.00255. The molecule has 2 unspecified atom stereocenters. The lowest BCUT2D eigenvalue weighted by atomic mass is 10.1. The van der Waals surface area contributed by atoms with Gasteiger partial charge in [-0.3, -0.25) is 0 Å². The fourth-order valence-corrected chi connectivity index (χ4v) is 1.36. The molecule has 1 fully saturated rings. The third-order valence-electron chi connectivity index (χ3n) is 2.35. The van der Waals surface area contributed by atoms with Crippen molar-refractivity contribution in [3.05, 3.63) is 0 Å². The molecule has 0 saturated heterocycles. The molecular formula is C9H18O3. The molecule has 72 valence electrons. The standard InChI is InChI=1S/C9H18O3/c1-12-6-2-3-8(10)9(11)7-4-5-7/h7-11H,2-6H2,1H3. The summed E-state index contributed by atoms with van der Waals surface area (Å²) in [6.07, 6.45) is 2.56. The first-order valence-electron chi connectivity index (χ1n) is 4.60. The van der Waals surface area contributed by atoms with E-state index in [1.54, 1.807) is 7.11 Å². The number of hydrogen-bond acceptors (Lipinski definition) is 3. The van der Waals surface area contributed by atoms with Crippen molar-refractivity contribution in [3.8, 4) is 0 Å². The Morgan fingerprint density at radius 2 is 2.08 bits per heavy atom. The van der Waals surface area contributed by atoms with Crippen LogP contribution >= 0.6 is 0 Å². The van der Waals surface area contributed by atoms with E-state index in [2.05, 4.69) is 0 Å². The van der Waals surface area contributed by atoms with E-state index in [9.17, 15) is 10.2 Å². The average Bonchev–Trinajstić information content (AvgIpc) is 2.86. The highest BCUT2D eigenvalue weighted by molar-refractivity contribution is 4.85. The Labute approximate surface area is 73.4 Å². The van der Waals surface area contributed by atoms with Crippen LogP contribution in [0.15, 0.2) is 0 Å². The van der Waals surface area contributed by atoms with E-state index in [-0.39, 0.29) is 0 Å². The molecule has 12 heavy (non-hydrogen) atoms. The third-order valence-corrected chi connectivity index (χ3v) is 2.35. The van der Waals surface area contributed by atoms with Gasteiger partial charge in [0, 0.05) is 13.7 Å². The van der Waals surface area contributed by atoms with Crippen molar-refractivity contribution in [1.29, 1.82) is 0 Å². The number of rotatable bonds is 6. The normalized spacial score (nSPS) is 22.2. The molecule has 0 aromatic heterocycles. The molecule has 2 atom stereocenters. The number of methoxy groups -OCH3 is 1. The molecule has 1 rings (SSSR count). The summed E-state index contributed by atoms with van der Waals surface area (Å²) in [6, 6.07) is 0. The maximum Gasteiger partial charge on any atom is 0.0827 e. The van der Waals surface area contributed by atoms with Gasteiger partial charge in [0.05, 0.1) is 12.2 Å². The number of ether oxygens (including phenoxy) is 1. The SMILES string of the molecule is COCCCC(O)C(O)C1CC1. The van der Waals surface area contributed by atoms with E-state index in [4.69, 9.17) is 4.74 Å². The van der Waals surface area contributed by atoms with Crippen molar-refractivity contribution >= 4 is 0 Å². The van der Waals surface area contributed by atoms with Crippen molar-refractivity contribution in [3.63, 3.8) is 0 Å². The Bertz CT molecular complexity index is 123. The van der Waals surface area contributed by atoms with Gasteiger partial charge in [0.25, 0.3) is 0 Å². The lowest BCUT2D eigenvalue weighted by Crippen LogP contribution is -2.27. The first-order chi connectivity index (χ1) is 5.75. The fourth-order valence-electron chi connectivity index (χ4n) is 1.36. The smallest absolute Gasteiger partial charge is 0.0827 e. The predicted molar refractivity (Wildman–Crippen MR) is 45.8 cm³/mol. The van der Waals surface area contributed by atoms with Gasteiger partial charge in [0.1, 0.15) is 0 Å². The van der Waals surface area contributed by atoms with Crippen molar-refractivity contribution < 1.29 is 14.9 Å². The van der Waals surface area contributed by atoms with Gasteiger partial charge in [0.2, 0.25) is 0 Å². The maximum atomic E-state index is 9.47. The Hall–Kier alpha value is -0.120. The molecule has 1 aliphatic rings. The van der Waals surface area contributed by atoms with E-state index >= 15 is 0 Å². The van der Waals surface area contributed by atoms with Gasteiger partial charge in [-0.05, 0) is 31.6 Å². The summed E-state index contributed by atoms with van der Waals surface area (Å²) < 4.78 is 4.86. The zero-order chi connectivity index (χ0) is 8.97. The molecule has 0 aliphatic heterocycles. The van der Waals surface area contributed by atoms with Gasteiger partial charge in [-0.2, -0.15) is 0 Å². The quantitative estimate of drug-likeness (QED) is 0.578. The molecule has 2 N–H and O–H groups in total. The lowest BCUT2D eigenvalue weighted by Gasteiger charge is -2.16. The second-order valence-corrected chi connectivity index (χ2v) is 3.53. The van der Waals surface area contributed by atoms with Crippen molar-refractivity contribution in [2.75, 3.05) is 13.7 Å². The molecule has 1 saturated carbocycles. The molecule has 0 heterocycles. The van der Waals surface area contributed by atoms with Gasteiger partial charge in [-0.15, -0.1) is 0 Å². The molecule has 0 aromatic rings. The van der Waals surface area contributed by atoms with Gasteiger partial charge >= 0.3 is 0 Å². The van der Waals surface area contributed by atoms with E-state index in [0.717, 1.165) is 19.3 Å². The number of aliphatic hydroxyl groups excluding tert-OH is 2. The average molecular weight is 174 g/mol. The topological polar surface area (TPSA) is 49.7 Å². The maximum absolute atomic E-state index is 9.47. The minimum absolute atomic E-state index is 0.363. The van der Waals surface area contributed by atoms with E-state index in [1.165, 1.54) is 0 Å². The van der Waals surface area contributed by atoms with Gasteiger partial charge in [0.15, 0.2) is 0 Å². The highest BCUT2D eigenvalue weighted by atomic mass is 16.5. The van der Waals surface area contributed by atoms with Crippen LogP contribution in [0.5, 0.6) is 0 Å². The fraction of sp³-hybridized carbons (Fsp3) is 1.00. The second kappa shape index (κ2) is 4.80. The predicted octanol–water partition coefficient (Wildman–Crippen LogP) is 0.545. The molecular weight excluding hydrogens is 156 g/mol. The van der Waals surface area contributed by atoms with Gasteiger partial charge < -0.3 is 14.9 Å². The Morgan fingerprint density at radius 3 is 2.58 bits per heavy atom. The van der Waals surface area contributed by atoms with Crippen LogP contribution in [0.25, 0.3) is 0 Å². The summed E-state index contributed by atoms with van der Waals surface area (Å²) in [4.78, 5) is 0. The second-order valence-electron chi connectivity index (χ2n) is 3.53. The van der Waals surface area contributed by atoms with E-state index in [1.807, 2.05) is 0 Å². The minimum Gasteiger partial charge on any atom is -0.390 e. The van der Waals surface area contributed by atoms with Gasteiger partial charge in [-0.1, -0.05) is 0 Å². The van der Waals surface area contributed by atoms with Crippen LogP contribution in [-0.2, 0) is 4.74 Å². The summed E-state index contributed by atoms with van der Waals surface area (Å²) in [7, 11) is 1.64. The van der Waals surface area contributed by atoms with Crippen molar-refractivity contribution in [2.24, 2.45) is 5.92 Å². The first-order valence-corrected chi connectivity index (χ1v) is 4.60. The summed E-state index contributed by atoms with van der Waals surface area (Å²) in [5, 5.41) is 18.9.